The van der Waals surface area contributed by atoms with Gasteiger partial charge in [-0.15, -0.1) is 0 Å². The molecule has 3 rings (SSSR count). The van der Waals surface area contributed by atoms with Crippen LogP contribution in [-0.2, 0) is 11.3 Å². The van der Waals surface area contributed by atoms with E-state index < -0.39 is 0 Å². The van der Waals surface area contributed by atoms with Gasteiger partial charge in [0.15, 0.2) is 5.69 Å². The highest BCUT2D eigenvalue weighted by Gasteiger charge is 2.19. The van der Waals surface area contributed by atoms with Crippen LogP contribution in [0.3, 0.4) is 0 Å². The molecule has 0 saturated carbocycles. The molecule has 2 heterocycles. The molecule has 8 nitrogen and oxygen atoms in total. The number of hydrogen-bond donors (Lipinski definition) is 2. The maximum absolute atomic E-state index is 12.4. The number of nitrogens with zero attached hydrogens (tertiary/aromatic N) is 2. The van der Waals surface area contributed by atoms with Crippen molar-refractivity contribution in [1.29, 1.82) is 0 Å². The van der Waals surface area contributed by atoms with Gasteiger partial charge in [-0.25, -0.2) is 4.68 Å². The summed E-state index contributed by atoms with van der Waals surface area (Å²) in [6.07, 6.45) is 0.863. The van der Waals surface area contributed by atoms with Gasteiger partial charge >= 0.3 is 0 Å². The second-order valence-corrected chi connectivity index (χ2v) is 5.34. The predicted molar refractivity (Wildman–Crippen MR) is 87.6 cm³/mol. The summed E-state index contributed by atoms with van der Waals surface area (Å²) in [7, 11) is 1.51. The average Bonchev–Trinajstić information content (AvgIpc) is 2.99. The molecule has 126 valence electrons. The second kappa shape index (κ2) is 6.61. The number of benzene rings is 1. The quantitative estimate of drug-likeness (QED) is 0.892. The summed E-state index contributed by atoms with van der Waals surface area (Å²) in [4.78, 5) is 23.6. The number of amides is 2. The number of fused-ring (bicyclic) bond motifs is 1. The first-order chi connectivity index (χ1) is 11.6. The van der Waals surface area contributed by atoms with Crippen LogP contribution in [0.5, 0.6) is 11.6 Å². The zero-order valence-electron chi connectivity index (χ0n) is 13.5. The number of carbonyl (C=O) groups excluding carboxylic acids is 2. The molecular formula is C16H18N4O4. The minimum absolute atomic E-state index is 0.198. The summed E-state index contributed by atoms with van der Waals surface area (Å²) < 4.78 is 12.4. The molecule has 1 aliphatic rings. The Hall–Kier alpha value is -3.03. The van der Waals surface area contributed by atoms with Crippen molar-refractivity contribution in [2.24, 2.45) is 0 Å². The van der Waals surface area contributed by atoms with E-state index in [1.165, 1.54) is 14.0 Å². The Bertz CT molecular complexity index is 761. The Labute approximate surface area is 138 Å². The first-order valence-corrected chi connectivity index (χ1v) is 7.54. The van der Waals surface area contributed by atoms with Crippen LogP contribution < -0.4 is 20.1 Å². The van der Waals surface area contributed by atoms with Crippen LogP contribution in [-0.4, -0.2) is 35.3 Å². The maximum Gasteiger partial charge on any atom is 0.276 e. The molecule has 2 aromatic rings. The van der Waals surface area contributed by atoms with Gasteiger partial charge in [0.25, 0.3) is 5.91 Å². The van der Waals surface area contributed by atoms with Crippen LogP contribution in [0.4, 0.5) is 11.4 Å². The van der Waals surface area contributed by atoms with Gasteiger partial charge in [-0.2, -0.15) is 5.10 Å². The highest BCUT2D eigenvalue weighted by molar-refractivity contribution is 6.04. The number of rotatable bonds is 4. The van der Waals surface area contributed by atoms with Crippen molar-refractivity contribution >= 4 is 23.2 Å². The normalized spacial score (nSPS) is 12.8. The predicted octanol–water partition coefficient (Wildman–Crippen LogP) is 1.88. The molecule has 1 aliphatic heterocycles. The highest BCUT2D eigenvalue weighted by atomic mass is 16.5. The van der Waals surface area contributed by atoms with Gasteiger partial charge in [0.2, 0.25) is 11.8 Å². The molecular weight excluding hydrogens is 312 g/mol. The molecule has 2 amide bonds. The van der Waals surface area contributed by atoms with E-state index in [0.29, 0.717) is 29.6 Å². The molecule has 1 aromatic heterocycles. The van der Waals surface area contributed by atoms with Gasteiger partial charge in [-0.3, -0.25) is 9.59 Å². The number of nitrogens with one attached hydrogen (secondary N) is 2. The molecule has 0 spiro atoms. The minimum Gasteiger partial charge on any atom is -0.495 e. The Balaban J connectivity index is 1.82. The number of aryl methyl sites for hydroxylation is 1. The minimum atomic E-state index is -0.376. The van der Waals surface area contributed by atoms with Gasteiger partial charge in [0.05, 0.1) is 19.4 Å². The Morgan fingerprint density at radius 3 is 2.83 bits per heavy atom. The number of hydrogen-bond acceptors (Lipinski definition) is 5. The van der Waals surface area contributed by atoms with E-state index in [1.807, 2.05) is 0 Å². The molecule has 0 fully saturated rings. The van der Waals surface area contributed by atoms with Crippen LogP contribution >= 0.6 is 0 Å². The van der Waals surface area contributed by atoms with Crippen molar-refractivity contribution in [2.45, 2.75) is 19.9 Å². The molecule has 0 atom stereocenters. The fraction of sp³-hybridized carbons (Fsp3) is 0.312. The second-order valence-electron chi connectivity index (χ2n) is 5.34. The smallest absolute Gasteiger partial charge is 0.276 e. The monoisotopic (exact) mass is 330 g/mol. The van der Waals surface area contributed by atoms with Crippen molar-refractivity contribution < 1.29 is 19.1 Å². The number of ether oxygens (including phenoxy) is 2. The van der Waals surface area contributed by atoms with Crippen LogP contribution in [0.15, 0.2) is 24.3 Å². The number of aromatic nitrogens is 2. The molecule has 0 saturated heterocycles. The van der Waals surface area contributed by atoms with Gasteiger partial charge in [-0.05, 0) is 18.2 Å². The van der Waals surface area contributed by atoms with E-state index in [4.69, 9.17) is 9.47 Å². The Morgan fingerprint density at radius 1 is 1.29 bits per heavy atom. The third kappa shape index (κ3) is 3.32. The van der Waals surface area contributed by atoms with Crippen LogP contribution in [0.25, 0.3) is 0 Å². The number of carbonyl (C=O) groups is 2. The Morgan fingerprint density at radius 2 is 2.12 bits per heavy atom. The number of methoxy groups -OCH3 is 1. The van der Waals surface area contributed by atoms with E-state index in [0.717, 1.165) is 13.0 Å². The van der Waals surface area contributed by atoms with Crippen LogP contribution in [0.1, 0.15) is 23.8 Å². The topological polar surface area (TPSA) is 94.5 Å². The first-order valence-electron chi connectivity index (χ1n) is 7.54. The van der Waals surface area contributed by atoms with Gasteiger partial charge in [0.1, 0.15) is 5.75 Å². The molecule has 0 radical (unpaired) electrons. The van der Waals surface area contributed by atoms with Gasteiger partial charge in [0, 0.05) is 31.6 Å². The zero-order chi connectivity index (χ0) is 17.1. The first kappa shape index (κ1) is 15.9. The summed E-state index contributed by atoms with van der Waals surface area (Å²) >= 11 is 0. The Kier molecular flexibility index (Phi) is 4.37. The van der Waals surface area contributed by atoms with Gasteiger partial charge < -0.3 is 20.1 Å². The summed E-state index contributed by atoms with van der Waals surface area (Å²) in [6, 6.07) is 6.60. The van der Waals surface area contributed by atoms with E-state index in [2.05, 4.69) is 15.7 Å². The third-order valence-corrected chi connectivity index (χ3v) is 3.51. The lowest BCUT2D eigenvalue weighted by atomic mass is 10.2. The van der Waals surface area contributed by atoms with Crippen LogP contribution in [0.2, 0.25) is 0 Å². The third-order valence-electron chi connectivity index (χ3n) is 3.51. The van der Waals surface area contributed by atoms with E-state index in [-0.39, 0.29) is 17.5 Å². The van der Waals surface area contributed by atoms with Crippen molar-refractivity contribution in [1.82, 2.24) is 9.78 Å². The molecule has 0 unspecified atom stereocenters. The van der Waals surface area contributed by atoms with Crippen molar-refractivity contribution in [3.63, 3.8) is 0 Å². The fourth-order valence-electron chi connectivity index (χ4n) is 2.45. The van der Waals surface area contributed by atoms with E-state index in [9.17, 15) is 9.59 Å². The largest absolute Gasteiger partial charge is 0.495 e. The summed E-state index contributed by atoms with van der Waals surface area (Å²) in [5.74, 6) is 0.498. The fourth-order valence-corrected chi connectivity index (χ4v) is 2.45. The lowest BCUT2D eigenvalue weighted by Gasteiger charge is -2.13. The van der Waals surface area contributed by atoms with Crippen LogP contribution in [0, 0.1) is 0 Å². The molecule has 0 bridgehead atoms. The highest BCUT2D eigenvalue weighted by Crippen LogP contribution is 2.28. The average molecular weight is 330 g/mol. The summed E-state index contributed by atoms with van der Waals surface area (Å²) in [5, 5.41) is 9.66. The summed E-state index contributed by atoms with van der Waals surface area (Å²) in [6.45, 7) is 2.77. The standard InChI is InChI=1S/C16H18N4O4/c1-10(21)17-11-4-5-14(23-2)12(8-11)18-16(22)13-9-15-20(19-13)6-3-7-24-15/h4-5,8-9H,3,6-7H2,1-2H3,(H,17,21)(H,18,22). The SMILES string of the molecule is COc1ccc(NC(C)=O)cc1NC(=O)c1cc2n(n1)CCCO2. The van der Waals surface area contributed by atoms with Crippen molar-refractivity contribution in [2.75, 3.05) is 24.4 Å². The zero-order valence-corrected chi connectivity index (χ0v) is 13.5. The van der Waals surface area contributed by atoms with Gasteiger partial charge in [-0.1, -0.05) is 0 Å². The molecule has 8 heteroatoms. The van der Waals surface area contributed by atoms with Crippen molar-refractivity contribution in [3.05, 3.63) is 30.0 Å². The molecule has 2 N–H and O–H groups in total. The maximum atomic E-state index is 12.4. The molecule has 24 heavy (non-hydrogen) atoms. The van der Waals surface area contributed by atoms with E-state index in [1.54, 1.807) is 28.9 Å². The van der Waals surface area contributed by atoms with E-state index >= 15 is 0 Å². The number of anilines is 2. The summed E-state index contributed by atoms with van der Waals surface area (Å²) in [5.41, 5.74) is 1.27. The lowest BCUT2D eigenvalue weighted by molar-refractivity contribution is -0.114. The molecule has 0 aliphatic carbocycles. The molecule has 1 aromatic carbocycles. The van der Waals surface area contributed by atoms with Crippen molar-refractivity contribution in [3.8, 4) is 11.6 Å². The lowest BCUT2D eigenvalue weighted by Crippen LogP contribution is -2.16.